The van der Waals surface area contributed by atoms with E-state index in [0.29, 0.717) is 19.0 Å². The molecule has 1 unspecified atom stereocenters. The number of hydrogen-bond donors (Lipinski definition) is 0. The number of rotatable bonds is 4. The van der Waals surface area contributed by atoms with Crippen molar-refractivity contribution in [3.05, 3.63) is 23.8 Å². The van der Waals surface area contributed by atoms with Crippen LogP contribution in [0.5, 0.6) is 5.75 Å². The van der Waals surface area contributed by atoms with Crippen molar-refractivity contribution in [3.63, 3.8) is 0 Å². The van der Waals surface area contributed by atoms with Gasteiger partial charge in [-0.1, -0.05) is 0 Å². The van der Waals surface area contributed by atoms with Crippen molar-refractivity contribution in [2.24, 2.45) is 0 Å². The fourth-order valence-corrected chi connectivity index (χ4v) is 2.73. The van der Waals surface area contributed by atoms with Gasteiger partial charge in [0.05, 0.1) is 24.5 Å². The number of carbonyl (C=O) groups excluding carboxylic acids is 1. The highest BCUT2D eigenvalue weighted by Crippen LogP contribution is 2.37. The predicted octanol–water partition coefficient (Wildman–Crippen LogP) is 1.52. The van der Waals surface area contributed by atoms with Gasteiger partial charge < -0.3 is 9.47 Å². The zero-order valence-electron chi connectivity index (χ0n) is 10.9. The van der Waals surface area contributed by atoms with E-state index in [1.165, 1.54) is 6.07 Å². The number of sulfone groups is 1. The van der Waals surface area contributed by atoms with Crippen molar-refractivity contribution in [2.75, 3.05) is 19.5 Å². The molecule has 0 saturated heterocycles. The van der Waals surface area contributed by atoms with E-state index in [4.69, 9.17) is 9.47 Å². The Hall–Kier alpha value is -1.56. The lowest BCUT2D eigenvalue weighted by atomic mass is 9.98. The lowest BCUT2D eigenvalue weighted by molar-refractivity contribution is -0.143. The summed E-state index contributed by atoms with van der Waals surface area (Å²) in [6.07, 6.45) is 1.36. The maximum Gasteiger partial charge on any atom is 0.306 e. The molecular weight excluding hydrogens is 268 g/mol. The third kappa shape index (κ3) is 3.07. The number of carbonyl (C=O) groups is 1. The van der Waals surface area contributed by atoms with E-state index in [9.17, 15) is 13.2 Å². The van der Waals surface area contributed by atoms with Crippen LogP contribution in [0, 0.1) is 0 Å². The van der Waals surface area contributed by atoms with Crippen LogP contribution in [0.25, 0.3) is 0 Å². The van der Waals surface area contributed by atoms with Gasteiger partial charge in [-0.3, -0.25) is 4.79 Å². The number of esters is 1. The van der Waals surface area contributed by atoms with Gasteiger partial charge in [0.15, 0.2) is 9.84 Å². The lowest BCUT2D eigenvalue weighted by Crippen LogP contribution is -2.11. The van der Waals surface area contributed by atoms with Gasteiger partial charge in [0.25, 0.3) is 0 Å². The van der Waals surface area contributed by atoms with Crippen LogP contribution in [0.15, 0.2) is 23.1 Å². The van der Waals surface area contributed by atoms with E-state index in [1.807, 2.05) is 0 Å². The Bertz CT molecular complexity index is 591. The summed E-state index contributed by atoms with van der Waals surface area (Å²) in [6.45, 7) is 2.46. The zero-order valence-corrected chi connectivity index (χ0v) is 11.7. The molecule has 1 atom stereocenters. The zero-order chi connectivity index (χ0) is 14.0. The van der Waals surface area contributed by atoms with Crippen molar-refractivity contribution in [1.29, 1.82) is 0 Å². The molecule has 1 aromatic carbocycles. The van der Waals surface area contributed by atoms with E-state index >= 15 is 0 Å². The highest BCUT2D eigenvalue weighted by molar-refractivity contribution is 7.90. The molecule has 0 aromatic heterocycles. The van der Waals surface area contributed by atoms with Gasteiger partial charge in [0, 0.05) is 17.7 Å². The molecule has 0 radical (unpaired) electrons. The highest BCUT2D eigenvalue weighted by atomic mass is 32.2. The second-order valence-electron chi connectivity index (χ2n) is 4.49. The molecule has 0 fully saturated rings. The van der Waals surface area contributed by atoms with Gasteiger partial charge >= 0.3 is 5.97 Å². The molecule has 5 nitrogen and oxygen atoms in total. The molecule has 0 bridgehead atoms. The van der Waals surface area contributed by atoms with Crippen molar-refractivity contribution < 1.29 is 22.7 Å². The summed E-state index contributed by atoms with van der Waals surface area (Å²) in [5, 5.41) is 0. The molecule has 1 aromatic rings. The fraction of sp³-hybridized carbons (Fsp3) is 0.462. The van der Waals surface area contributed by atoms with Gasteiger partial charge in [-0.2, -0.15) is 0 Å². The van der Waals surface area contributed by atoms with Crippen molar-refractivity contribution >= 4 is 15.8 Å². The quantitative estimate of drug-likeness (QED) is 0.784. The van der Waals surface area contributed by atoms with Crippen LogP contribution in [0.4, 0.5) is 0 Å². The average molecular weight is 284 g/mol. The van der Waals surface area contributed by atoms with Crippen LogP contribution in [-0.4, -0.2) is 33.9 Å². The molecule has 19 heavy (non-hydrogen) atoms. The van der Waals surface area contributed by atoms with Crippen LogP contribution in [0.2, 0.25) is 0 Å². The monoisotopic (exact) mass is 284 g/mol. The molecule has 0 saturated carbocycles. The van der Waals surface area contributed by atoms with Gasteiger partial charge in [-0.05, 0) is 25.1 Å². The smallest absolute Gasteiger partial charge is 0.306 e. The number of benzene rings is 1. The molecule has 0 N–H and O–H groups in total. The summed E-state index contributed by atoms with van der Waals surface area (Å²) < 4.78 is 33.4. The van der Waals surface area contributed by atoms with Crippen LogP contribution in [-0.2, 0) is 19.4 Å². The first kappa shape index (κ1) is 13.9. The van der Waals surface area contributed by atoms with Crippen molar-refractivity contribution in [2.45, 2.75) is 24.2 Å². The SMILES string of the molecule is CCOC(=O)CC1COc2ccc(S(C)(=O)=O)cc21. The van der Waals surface area contributed by atoms with Crippen LogP contribution >= 0.6 is 0 Å². The van der Waals surface area contributed by atoms with Gasteiger partial charge in [0.2, 0.25) is 0 Å². The van der Waals surface area contributed by atoms with Crippen LogP contribution < -0.4 is 4.74 Å². The third-order valence-electron chi connectivity index (χ3n) is 3.01. The first-order valence-corrected chi connectivity index (χ1v) is 7.93. The highest BCUT2D eigenvalue weighted by Gasteiger charge is 2.28. The molecule has 1 aliphatic heterocycles. The average Bonchev–Trinajstić information content (AvgIpc) is 2.71. The van der Waals surface area contributed by atoms with Crippen LogP contribution in [0.3, 0.4) is 0 Å². The minimum Gasteiger partial charge on any atom is -0.493 e. The second kappa shape index (κ2) is 5.21. The Balaban J connectivity index is 2.25. The first-order valence-electron chi connectivity index (χ1n) is 6.04. The van der Waals surface area contributed by atoms with Gasteiger partial charge in [-0.25, -0.2) is 8.42 Å². The molecule has 0 spiro atoms. The van der Waals surface area contributed by atoms with Crippen molar-refractivity contribution in [1.82, 2.24) is 0 Å². The standard InChI is InChI=1S/C13H16O5S/c1-3-17-13(14)6-9-8-18-12-5-4-10(7-11(9)12)19(2,15)16/h4-5,7,9H,3,6,8H2,1-2H3. The van der Waals surface area contributed by atoms with Crippen LogP contribution in [0.1, 0.15) is 24.8 Å². The predicted molar refractivity (Wildman–Crippen MR) is 69.0 cm³/mol. The summed E-state index contributed by atoms with van der Waals surface area (Å²) in [5.41, 5.74) is 0.760. The Kier molecular flexibility index (Phi) is 3.80. The largest absolute Gasteiger partial charge is 0.493 e. The molecule has 1 heterocycles. The summed E-state index contributed by atoms with van der Waals surface area (Å²) in [6, 6.07) is 4.74. The molecular formula is C13H16O5S. The molecule has 104 valence electrons. The van der Waals surface area contributed by atoms with Gasteiger partial charge in [0.1, 0.15) is 5.75 Å². The maximum atomic E-state index is 11.5. The number of hydrogen-bond acceptors (Lipinski definition) is 5. The van der Waals surface area contributed by atoms with Gasteiger partial charge in [-0.15, -0.1) is 0 Å². The summed E-state index contributed by atoms with van der Waals surface area (Å²) in [5.74, 6) is 0.200. The minimum absolute atomic E-state index is 0.143. The maximum absolute atomic E-state index is 11.5. The molecule has 0 amide bonds. The normalized spacial score (nSPS) is 17.7. The molecule has 2 rings (SSSR count). The number of fused-ring (bicyclic) bond motifs is 1. The first-order chi connectivity index (χ1) is 8.91. The van der Waals surface area contributed by atoms with E-state index in [0.717, 1.165) is 11.8 Å². The third-order valence-corrected chi connectivity index (χ3v) is 4.12. The summed E-state index contributed by atoms with van der Waals surface area (Å²) in [4.78, 5) is 11.7. The van der Waals surface area contributed by atoms with E-state index in [-0.39, 0.29) is 23.2 Å². The Morgan fingerprint density at radius 2 is 2.21 bits per heavy atom. The second-order valence-corrected chi connectivity index (χ2v) is 6.50. The summed E-state index contributed by atoms with van der Waals surface area (Å²) >= 11 is 0. The van der Waals surface area contributed by atoms with E-state index in [1.54, 1.807) is 19.1 Å². The Morgan fingerprint density at radius 1 is 1.47 bits per heavy atom. The molecule has 0 aliphatic carbocycles. The topological polar surface area (TPSA) is 69.7 Å². The lowest BCUT2D eigenvalue weighted by Gasteiger charge is -2.08. The molecule has 6 heteroatoms. The number of ether oxygens (including phenoxy) is 2. The molecule has 1 aliphatic rings. The fourth-order valence-electron chi connectivity index (χ4n) is 2.08. The Morgan fingerprint density at radius 3 is 2.84 bits per heavy atom. The van der Waals surface area contributed by atoms with E-state index in [2.05, 4.69) is 0 Å². The summed E-state index contributed by atoms with van der Waals surface area (Å²) in [7, 11) is -3.26. The minimum atomic E-state index is -3.26. The van der Waals surface area contributed by atoms with Crippen molar-refractivity contribution in [3.8, 4) is 5.75 Å². The van der Waals surface area contributed by atoms with E-state index < -0.39 is 9.84 Å². The Labute approximate surface area is 112 Å².